The Morgan fingerprint density at radius 3 is 2.12 bits per heavy atom. The minimum atomic E-state index is -0.443. The molecule has 0 saturated carbocycles. The van der Waals surface area contributed by atoms with Gasteiger partial charge in [-0.2, -0.15) is 0 Å². The van der Waals surface area contributed by atoms with Gasteiger partial charge in [0, 0.05) is 17.3 Å². The minimum Gasteiger partial charge on any atom is -0.497 e. The summed E-state index contributed by atoms with van der Waals surface area (Å²) in [6.45, 7) is -0.226. The molecular weight excluding hydrogens is 315 g/mol. The van der Waals surface area contributed by atoms with E-state index in [-0.39, 0.29) is 6.54 Å². The standard InChI is InChI=1S/C17H17FN2O4/c1-23-14-7-11(8-15(9-14)24-2)17(22)19-10-16(21)20-13-5-3-12(18)4-6-13/h3-9H,10H2,1-2H3,(H,19,22)(H,20,21). The largest absolute Gasteiger partial charge is 0.497 e. The third-order valence-corrected chi connectivity index (χ3v) is 3.15. The first-order valence-corrected chi connectivity index (χ1v) is 7.08. The molecule has 0 bridgehead atoms. The second kappa shape index (κ2) is 7.96. The number of rotatable bonds is 6. The topological polar surface area (TPSA) is 76.7 Å². The molecule has 0 aliphatic heterocycles. The molecular formula is C17H17FN2O4. The van der Waals surface area contributed by atoms with Gasteiger partial charge >= 0.3 is 0 Å². The number of hydrogen-bond donors (Lipinski definition) is 2. The lowest BCUT2D eigenvalue weighted by Gasteiger charge is -2.09. The van der Waals surface area contributed by atoms with Crippen LogP contribution in [0.5, 0.6) is 11.5 Å². The summed E-state index contributed by atoms with van der Waals surface area (Å²) in [7, 11) is 2.96. The normalized spacial score (nSPS) is 9.96. The van der Waals surface area contributed by atoms with Crippen LogP contribution in [0.1, 0.15) is 10.4 Å². The number of carbonyl (C=O) groups is 2. The van der Waals surface area contributed by atoms with E-state index in [1.165, 1.54) is 50.6 Å². The fourth-order valence-electron chi connectivity index (χ4n) is 1.94. The van der Waals surface area contributed by atoms with Gasteiger partial charge in [-0.15, -0.1) is 0 Å². The Kier molecular flexibility index (Phi) is 5.73. The van der Waals surface area contributed by atoms with Gasteiger partial charge in [0.05, 0.1) is 20.8 Å². The van der Waals surface area contributed by atoms with E-state index in [9.17, 15) is 14.0 Å². The first-order valence-electron chi connectivity index (χ1n) is 7.08. The third-order valence-electron chi connectivity index (χ3n) is 3.15. The lowest BCUT2D eigenvalue weighted by Crippen LogP contribution is -2.32. The van der Waals surface area contributed by atoms with Crippen molar-refractivity contribution in [2.45, 2.75) is 0 Å². The molecule has 24 heavy (non-hydrogen) atoms. The van der Waals surface area contributed by atoms with Crippen LogP contribution in [-0.2, 0) is 4.79 Å². The second-order valence-electron chi connectivity index (χ2n) is 4.84. The molecule has 7 heteroatoms. The van der Waals surface area contributed by atoms with Crippen LogP contribution >= 0.6 is 0 Å². The summed E-state index contributed by atoms with van der Waals surface area (Å²) in [5, 5.41) is 5.05. The quantitative estimate of drug-likeness (QED) is 0.850. The van der Waals surface area contributed by atoms with Crippen molar-refractivity contribution in [3.63, 3.8) is 0 Å². The van der Waals surface area contributed by atoms with Crippen molar-refractivity contribution in [1.29, 1.82) is 0 Å². The first kappa shape index (κ1) is 17.3. The zero-order chi connectivity index (χ0) is 17.5. The fraction of sp³-hybridized carbons (Fsp3) is 0.176. The number of amides is 2. The van der Waals surface area contributed by atoms with Crippen molar-refractivity contribution in [2.24, 2.45) is 0 Å². The van der Waals surface area contributed by atoms with Crippen molar-refractivity contribution in [2.75, 3.05) is 26.1 Å². The van der Waals surface area contributed by atoms with Crippen LogP contribution in [0.25, 0.3) is 0 Å². The van der Waals surface area contributed by atoms with E-state index in [1.807, 2.05) is 0 Å². The Balaban J connectivity index is 1.94. The molecule has 2 aromatic rings. The smallest absolute Gasteiger partial charge is 0.251 e. The van der Waals surface area contributed by atoms with Gasteiger partial charge in [0.2, 0.25) is 5.91 Å². The van der Waals surface area contributed by atoms with E-state index in [2.05, 4.69) is 10.6 Å². The molecule has 6 nitrogen and oxygen atoms in total. The number of halogens is 1. The number of benzene rings is 2. The monoisotopic (exact) mass is 332 g/mol. The predicted octanol–water partition coefficient (Wildman–Crippen LogP) is 2.21. The molecule has 2 amide bonds. The molecule has 0 aromatic heterocycles. The molecule has 0 saturated heterocycles. The summed E-state index contributed by atoms with van der Waals surface area (Å²) < 4.78 is 23.0. The van der Waals surface area contributed by atoms with Gasteiger partial charge in [-0.3, -0.25) is 9.59 Å². The highest BCUT2D eigenvalue weighted by Gasteiger charge is 2.11. The summed E-state index contributed by atoms with van der Waals surface area (Å²) in [5.41, 5.74) is 0.750. The number of ether oxygens (including phenoxy) is 2. The van der Waals surface area contributed by atoms with E-state index < -0.39 is 17.6 Å². The maximum atomic E-state index is 12.8. The van der Waals surface area contributed by atoms with Crippen molar-refractivity contribution >= 4 is 17.5 Å². The average Bonchev–Trinajstić information content (AvgIpc) is 2.61. The molecule has 0 atom stereocenters. The molecule has 2 aromatic carbocycles. The van der Waals surface area contributed by atoms with Crippen LogP contribution in [0.2, 0.25) is 0 Å². The van der Waals surface area contributed by atoms with Gasteiger partial charge in [0.15, 0.2) is 0 Å². The molecule has 0 spiro atoms. The Morgan fingerprint density at radius 2 is 1.58 bits per heavy atom. The zero-order valence-electron chi connectivity index (χ0n) is 13.3. The Morgan fingerprint density at radius 1 is 1.00 bits per heavy atom. The molecule has 0 fully saturated rings. The summed E-state index contributed by atoms with van der Waals surface area (Å²) >= 11 is 0. The zero-order valence-corrected chi connectivity index (χ0v) is 13.3. The molecule has 0 aliphatic rings. The highest BCUT2D eigenvalue weighted by molar-refractivity contribution is 5.99. The van der Waals surface area contributed by atoms with E-state index in [0.29, 0.717) is 22.7 Å². The number of methoxy groups -OCH3 is 2. The van der Waals surface area contributed by atoms with E-state index >= 15 is 0 Å². The maximum absolute atomic E-state index is 12.8. The molecule has 2 N–H and O–H groups in total. The molecule has 0 aliphatic carbocycles. The van der Waals surface area contributed by atoms with Crippen LogP contribution in [0, 0.1) is 5.82 Å². The van der Waals surface area contributed by atoms with Crippen molar-refractivity contribution < 1.29 is 23.5 Å². The van der Waals surface area contributed by atoms with E-state index in [4.69, 9.17) is 9.47 Å². The van der Waals surface area contributed by atoms with Gasteiger partial charge in [-0.05, 0) is 36.4 Å². The van der Waals surface area contributed by atoms with Gasteiger partial charge in [0.25, 0.3) is 5.91 Å². The lowest BCUT2D eigenvalue weighted by atomic mass is 10.2. The number of anilines is 1. The average molecular weight is 332 g/mol. The SMILES string of the molecule is COc1cc(OC)cc(C(=O)NCC(=O)Nc2ccc(F)cc2)c1. The molecule has 0 radical (unpaired) electrons. The van der Waals surface area contributed by atoms with Gasteiger partial charge in [-0.25, -0.2) is 4.39 Å². The first-order chi connectivity index (χ1) is 11.5. The van der Waals surface area contributed by atoms with Gasteiger partial charge in [0.1, 0.15) is 17.3 Å². The van der Waals surface area contributed by atoms with Crippen molar-refractivity contribution in [1.82, 2.24) is 5.32 Å². The highest BCUT2D eigenvalue weighted by atomic mass is 19.1. The number of hydrogen-bond acceptors (Lipinski definition) is 4. The second-order valence-corrected chi connectivity index (χ2v) is 4.84. The van der Waals surface area contributed by atoms with Crippen molar-refractivity contribution in [3.8, 4) is 11.5 Å². The fourth-order valence-corrected chi connectivity index (χ4v) is 1.94. The third kappa shape index (κ3) is 4.70. The van der Waals surface area contributed by atoms with Crippen LogP contribution < -0.4 is 20.1 Å². The predicted molar refractivity (Wildman–Crippen MR) is 86.9 cm³/mol. The van der Waals surface area contributed by atoms with Gasteiger partial charge in [-0.1, -0.05) is 0 Å². The molecule has 0 heterocycles. The highest BCUT2D eigenvalue weighted by Crippen LogP contribution is 2.22. The van der Waals surface area contributed by atoms with Crippen LogP contribution in [0.15, 0.2) is 42.5 Å². The number of carbonyl (C=O) groups excluding carboxylic acids is 2. The Labute approximate surface area is 138 Å². The molecule has 2 rings (SSSR count). The van der Waals surface area contributed by atoms with E-state index in [1.54, 1.807) is 6.07 Å². The van der Waals surface area contributed by atoms with Crippen LogP contribution in [0.3, 0.4) is 0 Å². The van der Waals surface area contributed by atoms with E-state index in [0.717, 1.165) is 0 Å². The van der Waals surface area contributed by atoms with Crippen LogP contribution in [-0.4, -0.2) is 32.6 Å². The number of nitrogens with one attached hydrogen (secondary N) is 2. The van der Waals surface area contributed by atoms with Crippen LogP contribution in [0.4, 0.5) is 10.1 Å². The Hall–Kier alpha value is -3.09. The summed E-state index contributed by atoms with van der Waals surface area (Å²) in [5.74, 6) is -0.329. The van der Waals surface area contributed by atoms with Gasteiger partial charge < -0.3 is 20.1 Å². The maximum Gasteiger partial charge on any atom is 0.251 e. The minimum absolute atomic E-state index is 0.226. The summed E-state index contributed by atoms with van der Waals surface area (Å²) in [6.07, 6.45) is 0. The summed E-state index contributed by atoms with van der Waals surface area (Å²) in [6, 6.07) is 10.0. The summed E-state index contributed by atoms with van der Waals surface area (Å²) in [4.78, 5) is 23.9. The lowest BCUT2D eigenvalue weighted by molar-refractivity contribution is -0.115. The Bertz CT molecular complexity index is 710. The van der Waals surface area contributed by atoms with Crippen molar-refractivity contribution in [3.05, 3.63) is 53.8 Å². The molecule has 126 valence electrons. The molecule has 0 unspecified atom stereocenters.